The van der Waals surface area contributed by atoms with E-state index in [-0.39, 0.29) is 10.4 Å². The second-order valence-corrected chi connectivity index (χ2v) is 4.64. The minimum atomic E-state index is -4.30. The predicted octanol–water partition coefficient (Wildman–Crippen LogP) is 4.39. The second-order valence-electron chi connectivity index (χ2n) is 3.26. The van der Waals surface area contributed by atoms with Crippen LogP contribution in [-0.4, -0.2) is 6.18 Å². The molecule has 0 aromatic heterocycles. The van der Waals surface area contributed by atoms with E-state index < -0.39 is 18.4 Å². The third-order valence-corrected chi connectivity index (χ3v) is 2.39. The molecule has 0 nitrogen and oxygen atoms in total. The maximum absolute atomic E-state index is 13.3. The van der Waals surface area contributed by atoms with Crippen molar-refractivity contribution < 1.29 is 17.6 Å². The van der Waals surface area contributed by atoms with E-state index in [0.717, 1.165) is 6.07 Å². The van der Waals surface area contributed by atoms with Gasteiger partial charge in [-0.25, -0.2) is 4.39 Å². The van der Waals surface area contributed by atoms with Gasteiger partial charge in [-0.15, -0.1) is 0 Å². The molecular formula is C10H9BrF4. The third-order valence-electron chi connectivity index (χ3n) is 1.90. The summed E-state index contributed by atoms with van der Waals surface area (Å²) in [5.74, 6) is -0.610. The van der Waals surface area contributed by atoms with Crippen LogP contribution in [0.3, 0.4) is 0 Å². The van der Waals surface area contributed by atoms with Gasteiger partial charge in [0, 0.05) is 10.4 Å². The molecule has 0 radical (unpaired) electrons. The van der Waals surface area contributed by atoms with Crippen molar-refractivity contribution in [3.63, 3.8) is 0 Å². The Bertz CT molecular complexity index is 344. The molecule has 1 atom stereocenters. The van der Waals surface area contributed by atoms with Crippen LogP contribution in [-0.2, 0) is 6.42 Å². The summed E-state index contributed by atoms with van der Waals surface area (Å²) in [6, 6.07) is 3.60. The highest BCUT2D eigenvalue weighted by atomic mass is 79.9. The van der Waals surface area contributed by atoms with Crippen LogP contribution in [0, 0.1) is 5.82 Å². The maximum atomic E-state index is 13.3. The normalized spacial score (nSPS) is 14.0. The molecule has 0 amide bonds. The Morgan fingerprint density at radius 2 is 1.93 bits per heavy atom. The molecule has 0 heterocycles. The lowest BCUT2D eigenvalue weighted by Gasteiger charge is -2.09. The summed E-state index contributed by atoms with van der Waals surface area (Å²) in [5, 5.41) is 0. The zero-order chi connectivity index (χ0) is 11.6. The molecule has 0 spiro atoms. The van der Waals surface area contributed by atoms with E-state index in [0.29, 0.717) is 5.56 Å². The van der Waals surface area contributed by atoms with Crippen molar-refractivity contribution in [2.24, 2.45) is 0 Å². The number of rotatable bonds is 2. The summed E-state index contributed by atoms with van der Waals surface area (Å²) < 4.78 is 49.3. The molecule has 1 aromatic rings. The van der Waals surface area contributed by atoms with E-state index in [2.05, 4.69) is 15.9 Å². The van der Waals surface area contributed by atoms with E-state index in [1.165, 1.54) is 12.1 Å². The van der Waals surface area contributed by atoms with Crippen molar-refractivity contribution in [3.8, 4) is 0 Å². The molecule has 0 aliphatic carbocycles. The van der Waals surface area contributed by atoms with Gasteiger partial charge in [-0.3, -0.25) is 0 Å². The standard InChI is InChI=1S/C10H9BrF4/c1-6(11)8-3-2-7(4-9(8)12)5-10(13,14)15/h2-4,6H,5H2,1H3. The highest BCUT2D eigenvalue weighted by Gasteiger charge is 2.27. The van der Waals surface area contributed by atoms with Crippen LogP contribution in [0.25, 0.3) is 0 Å². The van der Waals surface area contributed by atoms with Gasteiger partial charge < -0.3 is 0 Å². The van der Waals surface area contributed by atoms with Crippen LogP contribution in [0.4, 0.5) is 17.6 Å². The summed E-state index contributed by atoms with van der Waals surface area (Å²) in [6.07, 6.45) is -5.39. The minimum absolute atomic E-state index is 0.0584. The second kappa shape index (κ2) is 4.51. The molecule has 5 heteroatoms. The van der Waals surface area contributed by atoms with Crippen molar-refractivity contribution in [2.75, 3.05) is 0 Å². The minimum Gasteiger partial charge on any atom is -0.207 e. The van der Waals surface area contributed by atoms with E-state index >= 15 is 0 Å². The lowest BCUT2D eigenvalue weighted by molar-refractivity contribution is -0.127. The molecule has 0 saturated carbocycles. The summed E-state index contributed by atoms with van der Waals surface area (Å²) in [5.41, 5.74) is 0.304. The quantitative estimate of drug-likeness (QED) is 0.558. The van der Waals surface area contributed by atoms with Gasteiger partial charge >= 0.3 is 6.18 Å². The summed E-state index contributed by atoms with van der Waals surface area (Å²) in [4.78, 5) is -0.211. The maximum Gasteiger partial charge on any atom is 0.393 e. The van der Waals surface area contributed by atoms with Crippen molar-refractivity contribution in [1.29, 1.82) is 0 Å². The molecule has 15 heavy (non-hydrogen) atoms. The fourth-order valence-electron chi connectivity index (χ4n) is 1.23. The molecule has 0 aliphatic heterocycles. The van der Waals surface area contributed by atoms with Crippen molar-refractivity contribution >= 4 is 15.9 Å². The monoisotopic (exact) mass is 284 g/mol. The zero-order valence-electron chi connectivity index (χ0n) is 7.91. The number of halogens is 5. The van der Waals surface area contributed by atoms with Gasteiger partial charge in [0.15, 0.2) is 0 Å². The van der Waals surface area contributed by atoms with Crippen molar-refractivity contribution in [2.45, 2.75) is 24.3 Å². The Morgan fingerprint density at radius 1 is 1.33 bits per heavy atom. The van der Waals surface area contributed by atoms with Gasteiger partial charge in [-0.05, 0) is 18.6 Å². The lowest BCUT2D eigenvalue weighted by atomic mass is 10.1. The van der Waals surface area contributed by atoms with Gasteiger partial charge in [-0.1, -0.05) is 28.1 Å². The van der Waals surface area contributed by atoms with Gasteiger partial charge in [0.05, 0.1) is 6.42 Å². The van der Waals surface area contributed by atoms with Crippen LogP contribution >= 0.6 is 15.9 Å². The Kier molecular flexibility index (Phi) is 3.76. The average Bonchev–Trinajstić information content (AvgIpc) is 1.99. The van der Waals surface area contributed by atoms with Crippen LogP contribution in [0.5, 0.6) is 0 Å². The Balaban J connectivity index is 2.92. The fourth-order valence-corrected chi connectivity index (χ4v) is 1.61. The first-order valence-corrected chi connectivity index (χ1v) is 5.20. The zero-order valence-corrected chi connectivity index (χ0v) is 9.49. The van der Waals surface area contributed by atoms with Crippen LogP contribution in [0.2, 0.25) is 0 Å². The molecule has 1 unspecified atom stereocenters. The van der Waals surface area contributed by atoms with Gasteiger partial charge in [-0.2, -0.15) is 13.2 Å². The number of hydrogen-bond acceptors (Lipinski definition) is 0. The van der Waals surface area contributed by atoms with E-state index in [1.54, 1.807) is 6.92 Å². The Hall–Kier alpha value is -0.580. The molecule has 1 rings (SSSR count). The number of alkyl halides is 4. The van der Waals surface area contributed by atoms with Crippen LogP contribution < -0.4 is 0 Å². The van der Waals surface area contributed by atoms with Crippen molar-refractivity contribution in [1.82, 2.24) is 0 Å². The van der Waals surface area contributed by atoms with Gasteiger partial charge in [0.25, 0.3) is 0 Å². The highest BCUT2D eigenvalue weighted by Crippen LogP contribution is 2.27. The van der Waals surface area contributed by atoms with E-state index in [1.807, 2.05) is 0 Å². The highest BCUT2D eigenvalue weighted by molar-refractivity contribution is 9.09. The third kappa shape index (κ3) is 3.81. The number of hydrogen-bond donors (Lipinski definition) is 0. The first-order valence-electron chi connectivity index (χ1n) is 4.29. The summed E-state index contributed by atoms with van der Waals surface area (Å²) in [6.45, 7) is 1.71. The molecule has 0 fully saturated rings. The van der Waals surface area contributed by atoms with Crippen LogP contribution in [0.15, 0.2) is 18.2 Å². The SMILES string of the molecule is CC(Br)c1ccc(CC(F)(F)F)cc1F. The first kappa shape index (κ1) is 12.5. The molecule has 0 aliphatic rings. The molecule has 0 saturated heterocycles. The number of benzene rings is 1. The summed E-state index contributed by atoms with van der Waals surface area (Å²) in [7, 11) is 0. The van der Waals surface area contributed by atoms with Gasteiger partial charge in [0.1, 0.15) is 5.82 Å². The molecule has 0 bridgehead atoms. The average molecular weight is 285 g/mol. The molecular weight excluding hydrogens is 276 g/mol. The molecule has 1 aromatic carbocycles. The van der Waals surface area contributed by atoms with E-state index in [9.17, 15) is 17.6 Å². The van der Waals surface area contributed by atoms with Crippen LogP contribution in [0.1, 0.15) is 22.9 Å². The fraction of sp³-hybridized carbons (Fsp3) is 0.400. The van der Waals surface area contributed by atoms with E-state index in [4.69, 9.17) is 0 Å². The first-order chi connectivity index (χ1) is 6.79. The van der Waals surface area contributed by atoms with Gasteiger partial charge in [0.2, 0.25) is 0 Å². The van der Waals surface area contributed by atoms with Crippen molar-refractivity contribution in [3.05, 3.63) is 35.1 Å². The predicted molar refractivity (Wildman–Crippen MR) is 53.5 cm³/mol. The largest absolute Gasteiger partial charge is 0.393 e. The lowest BCUT2D eigenvalue weighted by Crippen LogP contribution is -2.11. The smallest absolute Gasteiger partial charge is 0.207 e. The topological polar surface area (TPSA) is 0 Å². The molecule has 84 valence electrons. The summed E-state index contributed by atoms with van der Waals surface area (Å²) >= 11 is 3.16. The Morgan fingerprint density at radius 3 is 2.33 bits per heavy atom. The Labute approximate surface area is 93.4 Å². The molecule has 0 N–H and O–H groups in total.